The predicted molar refractivity (Wildman–Crippen MR) is 118 cm³/mol. The number of carbonyl (C=O) groups is 1. The molecule has 2 aromatic rings. The van der Waals surface area contributed by atoms with Crippen LogP contribution >= 0.6 is 0 Å². The fourth-order valence-corrected chi connectivity index (χ4v) is 5.37. The Balaban J connectivity index is 1.76. The summed E-state index contributed by atoms with van der Waals surface area (Å²) in [5, 5.41) is 4.45. The molecule has 1 fully saturated rings. The van der Waals surface area contributed by atoms with Gasteiger partial charge in [0.25, 0.3) is 0 Å². The molecule has 0 atom stereocenters. The Bertz CT molecular complexity index is 966. The first-order valence-corrected chi connectivity index (χ1v) is 11.7. The number of anilines is 1. The minimum absolute atomic E-state index is 0.182. The SMILES string of the molecule is CN(C)c1cccc2c(S(=O)(=O)N(C)CC(=O)NCC3CCCCC3)cccc12. The van der Waals surface area contributed by atoms with E-state index >= 15 is 0 Å². The maximum Gasteiger partial charge on any atom is 0.243 e. The zero-order valence-corrected chi connectivity index (χ0v) is 18.3. The number of likely N-dealkylation sites (N-methyl/N-ethyl adjacent to an activating group) is 1. The molecule has 0 spiro atoms. The smallest absolute Gasteiger partial charge is 0.243 e. The number of fused-ring (bicyclic) bond motifs is 1. The van der Waals surface area contributed by atoms with Gasteiger partial charge < -0.3 is 10.2 Å². The van der Waals surface area contributed by atoms with Crippen molar-refractivity contribution in [2.24, 2.45) is 5.92 Å². The molecule has 7 heteroatoms. The van der Waals surface area contributed by atoms with Gasteiger partial charge in [0, 0.05) is 44.1 Å². The third-order valence-electron chi connectivity index (χ3n) is 5.71. The van der Waals surface area contributed by atoms with Gasteiger partial charge in [-0.05, 0) is 30.9 Å². The topological polar surface area (TPSA) is 69.7 Å². The number of benzene rings is 2. The molecular weight excluding hydrogens is 386 g/mol. The van der Waals surface area contributed by atoms with Crippen molar-refractivity contribution >= 4 is 32.4 Å². The van der Waals surface area contributed by atoms with Crippen LogP contribution in [-0.2, 0) is 14.8 Å². The van der Waals surface area contributed by atoms with Crippen LogP contribution in [-0.4, -0.2) is 52.9 Å². The molecule has 0 heterocycles. The van der Waals surface area contributed by atoms with Gasteiger partial charge >= 0.3 is 0 Å². The van der Waals surface area contributed by atoms with E-state index in [1.54, 1.807) is 12.1 Å². The molecule has 0 bridgehead atoms. The van der Waals surface area contributed by atoms with Gasteiger partial charge in [-0.2, -0.15) is 4.31 Å². The van der Waals surface area contributed by atoms with E-state index in [0.717, 1.165) is 28.2 Å². The molecule has 29 heavy (non-hydrogen) atoms. The second kappa shape index (κ2) is 9.13. The Morgan fingerprint density at radius 1 is 1.00 bits per heavy atom. The summed E-state index contributed by atoms with van der Waals surface area (Å²) in [6.07, 6.45) is 5.97. The molecule has 6 nitrogen and oxygen atoms in total. The molecule has 3 rings (SSSR count). The fraction of sp³-hybridized carbons (Fsp3) is 0.500. The second-order valence-corrected chi connectivity index (χ2v) is 10.1. The van der Waals surface area contributed by atoms with E-state index in [1.807, 2.05) is 43.3 Å². The highest BCUT2D eigenvalue weighted by Gasteiger charge is 2.25. The zero-order valence-electron chi connectivity index (χ0n) is 17.5. The maximum absolute atomic E-state index is 13.2. The van der Waals surface area contributed by atoms with E-state index in [-0.39, 0.29) is 17.3 Å². The van der Waals surface area contributed by atoms with Gasteiger partial charge in [0.15, 0.2) is 0 Å². The van der Waals surface area contributed by atoms with Gasteiger partial charge in [0.2, 0.25) is 15.9 Å². The summed E-state index contributed by atoms with van der Waals surface area (Å²) in [5.74, 6) is 0.257. The van der Waals surface area contributed by atoms with Crippen molar-refractivity contribution in [1.82, 2.24) is 9.62 Å². The third-order valence-corrected chi connectivity index (χ3v) is 7.57. The van der Waals surface area contributed by atoms with Gasteiger partial charge in [-0.25, -0.2) is 8.42 Å². The van der Waals surface area contributed by atoms with Crippen LogP contribution in [0, 0.1) is 5.92 Å². The predicted octanol–water partition coefficient (Wildman–Crippen LogP) is 3.22. The Labute approximate surface area is 173 Å². The molecule has 1 amide bonds. The van der Waals surface area contributed by atoms with Crippen molar-refractivity contribution in [1.29, 1.82) is 0 Å². The molecule has 0 unspecified atom stereocenters. The second-order valence-electron chi connectivity index (χ2n) is 8.09. The van der Waals surface area contributed by atoms with Gasteiger partial charge in [-0.15, -0.1) is 0 Å². The number of nitrogens with zero attached hydrogens (tertiary/aromatic N) is 2. The van der Waals surface area contributed by atoms with Crippen molar-refractivity contribution in [3.8, 4) is 0 Å². The van der Waals surface area contributed by atoms with Crippen LogP contribution in [0.2, 0.25) is 0 Å². The molecule has 1 aliphatic carbocycles. The molecular formula is C22H31N3O3S. The first kappa shape index (κ1) is 21.6. The van der Waals surface area contributed by atoms with Gasteiger partial charge in [-0.1, -0.05) is 43.5 Å². The summed E-state index contributed by atoms with van der Waals surface area (Å²) in [7, 11) is 1.53. The van der Waals surface area contributed by atoms with Crippen molar-refractivity contribution < 1.29 is 13.2 Å². The first-order chi connectivity index (χ1) is 13.8. The van der Waals surface area contributed by atoms with Crippen molar-refractivity contribution in [3.05, 3.63) is 36.4 Å². The number of hydrogen-bond acceptors (Lipinski definition) is 4. The third kappa shape index (κ3) is 4.90. The minimum atomic E-state index is -3.79. The largest absolute Gasteiger partial charge is 0.377 e. The average Bonchev–Trinajstić information content (AvgIpc) is 2.71. The fourth-order valence-electron chi connectivity index (χ4n) is 4.04. The highest BCUT2D eigenvalue weighted by atomic mass is 32.2. The average molecular weight is 418 g/mol. The zero-order chi connectivity index (χ0) is 21.0. The van der Waals surface area contributed by atoms with E-state index in [0.29, 0.717) is 17.8 Å². The van der Waals surface area contributed by atoms with Crippen LogP contribution in [0.3, 0.4) is 0 Å². The Morgan fingerprint density at radius 2 is 1.66 bits per heavy atom. The van der Waals surface area contributed by atoms with E-state index in [4.69, 9.17) is 0 Å². The highest BCUT2D eigenvalue weighted by molar-refractivity contribution is 7.89. The summed E-state index contributed by atoms with van der Waals surface area (Å²) in [5.41, 5.74) is 0.951. The van der Waals surface area contributed by atoms with E-state index in [9.17, 15) is 13.2 Å². The number of amides is 1. The lowest BCUT2D eigenvalue weighted by Crippen LogP contribution is -2.40. The molecule has 0 saturated heterocycles. The normalized spacial score (nSPS) is 15.6. The molecule has 2 aromatic carbocycles. The van der Waals surface area contributed by atoms with E-state index < -0.39 is 10.0 Å². The quantitative estimate of drug-likeness (QED) is 0.751. The number of rotatable bonds is 7. The number of nitrogens with one attached hydrogen (secondary N) is 1. The van der Waals surface area contributed by atoms with Crippen LogP contribution in [0.25, 0.3) is 10.8 Å². The van der Waals surface area contributed by atoms with Gasteiger partial charge in [0.1, 0.15) is 0 Å². The maximum atomic E-state index is 13.2. The lowest BCUT2D eigenvalue weighted by atomic mass is 9.89. The Morgan fingerprint density at radius 3 is 2.34 bits per heavy atom. The minimum Gasteiger partial charge on any atom is -0.377 e. The number of carbonyl (C=O) groups excluding carboxylic acids is 1. The van der Waals surface area contributed by atoms with Crippen LogP contribution in [0.1, 0.15) is 32.1 Å². The summed E-state index contributed by atoms with van der Waals surface area (Å²) < 4.78 is 27.5. The van der Waals surface area contributed by atoms with Crippen LogP contribution in [0.4, 0.5) is 5.69 Å². The standard InChI is InChI=1S/C22H31N3O3S/c1-24(2)20-13-7-12-19-18(20)11-8-14-21(19)29(27,28)25(3)16-22(26)23-15-17-9-5-4-6-10-17/h7-8,11-14,17H,4-6,9-10,15-16H2,1-3H3,(H,23,26). The molecule has 0 aromatic heterocycles. The van der Waals surface area contributed by atoms with Crippen LogP contribution < -0.4 is 10.2 Å². The summed E-state index contributed by atoms with van der Waals surface area (Å²) in [6.45, 7) is 0.450. The Hall–Kier alpha value is -2.12. The van der Waals surface area contributed by atoms with Crippen molar-refractivity contribution in [3.63, 3.8) is 0 Å². The summed E-state index contributed by atoms with van der Waals surface area (Å²) in [4.78, 5) is 14.5. The summed E-state index contributed by atoms with van der Waals surface area (Å²) >= 11 is 0. The van der Waals surface area contributed by atoms with Gasteiger partial charge in [-0.3, -0.25) is 4.79 Å². The molecule has 1 N–H and O–H groups in total. The van der Waals surface area contributed by atoms with E-state index in [1.165, 1.54) is 26.3 Å². The lowest BCUT2D eigenvalue weighted by molar-refractivity contribution is -0.121. The number of hydrogen-bond donors (Lipinski definition) is 1. The molecule has 158 valence electrons. The molecule has 1 aliphatic rings. The first-order valence-electron chi connectivity index (χ1n) is 10.2. The molecule has 1 saturated carbocycles. The lowest BCUT2D eigenvalue weighted by Gasteiger charge is -2.23. The monoisotopic (exact) mass is 417 g/mol. The van der Waals surface area contributed by atoms with Crippen LogP contribution in [0.15, 0.2) is 41.3 Å². The molecule has 0 aliphatic heterocycles. The van der Waals surface area contributed by atoms with Crippen molar-refractivity contribution in [2.75, 3.05) is 39.1 Å². The van der Waals surface area contributed by atoms with Gasteiger partial charge in [0.05, 0.1) is 11.4 Å². The molecule has 0 radical (unpaired) electrons. The van der Waals surface area contributed by atoms with Crippen molar-refractivity contribution in [2.45, 2.75) is 37.0 Å². The summed E-state index contributed by atoms with van der Waals surface area (Å²) in [6, 6.07) is 10.9. The van der Waals surface area contributed by atoms with Crippen LogP contribution in [0.5, 0.6) is 0 Å². The number of sulfonamides is 1. The Kier molecular flexibility index (Phi) is 6.80. The van der Waals surface area contributed by atoms with E-state index in [2.05, 4.69) is 5.32 Å². The highest BCUT2D eigenvalue weighted by Crippen LogP contribution is 2.31.